The Morgan fingerprint density at radius 3 is 2.21 bits per heavy atom. The zero-order valence-electron chi connectivity index (χ0n) is 12.9. The molecule has 0 heterocycles. The molecule has 4 aliphatic carbocycles. The average molecular weight is 264 g/mol. The predicted octanol–water partition coefficient (Wildman–Crippen LogP) is 4.18. The molecule has 2 heteroatoms. The zero-order chi connectivity index (χ0) is 13.9. The molecular formula is C17H28O2. The summed E-state index contributed by atoms with van der Waals surface area (Å²) >= 11 is 0. The second-order valence-corrected chi connectivity index (χ2v) is 9.10. The minimum Gasteiger partial charge on any atom is -0.465 e. The standard InChI is InChI=1S/C17H28O2/c1-15(2,3)14(18)19-11-17-8-12-5-13(9-17)7-16(4,6-12)10-17/h12-13H,5-11H2,1-4H3. The Morgan fingerprint density at radius 2 is 1.74 bits per heavy atom. The monoisotopic (exact) mass is 264 g/mol. The summed E-state index contributed by atoms with van der Waals surface area (Å²) in [6.45, 7) is 8.96. The molecule has 0 amide bonds. The summed E-state index contributed by atoms with van der Waals surface area (Å²) in [5.74, 6) is 1.77. The first-order valence-electron chi connectivity index (χ1n) is 7.87. The number of hydrogen-bond acceptors (Lipinski definition) is 2. The molecule has 4 fully saturated rings. The summed E-state index contributed by atoms with van der Waals surface area (Å²) in [4.78, 5) is 12.0. The molecule has 4 aliphatic rings. The number of carbonyl (C=O) groups excluding carboxylic acids is 1. The maximum atomic E-state index is 12.0. The third-order valence-electron chi connectivity index (χ3n) is 5.60. The van der Waals surface area contributed by atoms with Gasteiger partial charge in [0.2, 0.25) is 0 Å². The van der Waals surface area contributed by atoms with E-state index in [-0.39, 0.29) is 11.4 Å². The summed E-state index contributed by atoms with van der Waals surface area (Å²) in [6.07, 6.45) is 8.15. The van der Waals surface area contributed by atoms with E-state index in [1.54, 1.807) is 0 Å². The van der Waals surface area contributed by atoms with Gasteiger partial charge < -0.3 is 4.74 Å². The van der Waals surface area contributed by atoms with Gasteiger partial charge in [0, 0.05) is 5.41 Å². The fraction of sp³-hybridized carbons (Fsp3) is 0.941. The molecule has 0 aromatic rings. The van der Waals surface area contributed by atoms with Gasteiger partial charge in [-0.05, 0) is 76.5 Å². The van der Waals surface area contributed by atoms with E-state index in [0.29, 0.717) is 17.4 Å². The molecule has 2 unspecified atom stereocenters. The summed E-state index contributed by atoms with van der Waals surface area (Å²) in [5.41, 5.74) is 0.490. The number of carbonyl (C=O) groups is 1. The van der Waals surface area contributed by atoms with E-state index in [0.717, 1.165) is 11.8 Å². The van der Waals surface area contributed by atoms with Gasteiger partial charge in [-0.1, -0.05) is 6.92 Å². The molecule has 0 spiro atoms. The molecule has 108 valence electrons. The molecule has 4 bridgehead atoms. The summed E-state index contributed by atoms with van der Waals surface area (Å²) in [7, 11) is 0. The first-order valence-corrected chi connectivity index (χ1v) is 7.87. The van der Waals surface area contributed by atoms with Gasteiger partial charge in [-0.15, -0.1) is 0 Å². The van der Waals surface area contributed by atoms with Crippen LogP contribution in [0.25, 0.3) is 0 Å². The fourth-order valence-corrected chi connectivity index (χ4v) is 5.53. The first-order chi connectivity index (χ1) is 8.70. The molecule has 2 nitrogen and oxygen atoms in total. The van der Waals surface area contributed by atoms with Gasteiger partial charge >= 0.3 is 5.97 Å². The SMILES string of the molecule is CC12CC3CC(C1)CC(COC(=O)C(C)(C)C)(C3)C2. The van der Waals surface area contributed by atoms with Crippen molar-refractivity contribution in [2.75, 3.05) is 6.61 Å². The van der Waals surface area contributed by atoms with E-state index in [2.05, 4.69) is 6.92 Å². The molecule has 0 N–H and O–H groups in total. The van der Waals surface area contributed by atoms with E-state index in [1.165, 1.54) is 38.5 Å². The molecule has 4 rings (SSSR count). The van der Waals surface area contributed by atoms with Crippen LogP contribution in [-0.2, 0) is 9.53 Å². The van der Waals surface area contributed by atoms with Crippen LogP contribution in [-0.4, -0.2) is 12.6 Å². The van der Waals surface area contributed by atoms with Crippen molar-refractivity contribution >= 4 is 5.97 Å². The Balaban J connectivity index is 1.69. The molecule has 4 saturated carbocycles. The van der Waals surface area contributed by atoms with E-state index in [4.69, 9.17) is 4.74 Å². The van der Waals surface area contributed by atoms with Gasteiger partial charge in [-0.2, -0.15) is 0 Å². The maximum Gasteiger partial charge on any atom is 0.311 e. The Morgan fingerprint density at radius 1 is 1.16 bits per heavy atom. The Hall–Kier alpha value is -0.530. The number of esters is 1. The van der Waals surface area contributed by atoms with Crippen LogP contribution >= 0.6 is 0 Å². The molecule has 0 aromatic heterocycles. The molecular weight excluding hydrogens is 236 g/mol. The topological polar surface area (TPSA) is 26.3 Å². The van der Waals surface area contributed by atoms with Crippen molar-refractivity contribution in [1.82, 2.24) is 0 Å². The number of rotatable bonds is 2. The molecule has 0 saturated heterocycles. The highest BCUT2D eigenvalue weighted by Gasteiger charge is 2.56. The minimum absolute atomic E-state index is 0.0339. The number of ether oxygens (including phenoxy) is 1. The second kappa shape index (κ2) is 3.99. The van der Waals surface area contributed by atoms with Crippen molar-refractivity contribution in [2.24, 2.45) is 28.1 Å². The van der Waals surface area contributed by atoms with Crippen molar-refractivity contribution in [1.29, 1.82) is 0 Å². The second-order valence-electron chi connectivity index (χ2n) is 9.10. The molecule has 2 atom stereocenters. The highest BCUT2D eigenvalue weighted by molar-refractivity contribution is 5.75. The van der Waals surface area contributed by atoms with E-state index in [1.807, 2.05) is 20.8 Å². The Labute approximate surface area is 117 Å². The summed E-state index contributed by atoms with van der Waals surface area (Å²) < 4.78 is 5.70. The normalized spacial score (nSPS) is 44.4. The van der Waals surface area contributed by atoms with Crippen LogP contribution < -0.4 is 0 Å². The Kier molecular flexibility index (Phi) is 2.82. The maximum absolute atomic E-state index is 12.0. The smallest absolute Gasteiger partial charge is 0.311 e. The minimum atomic E-state index is -0.369. The third kappa shape index (κ3) is 2.43. The van der Waals surface area contributed by atoms with Crippen LogP contribution in [0.15, 0.2) is 0 Å². The van der Waals surface area contributed by atoms with Crippen LogP contribution in [0.1, 0.15) is 66.2 Å². The molecule has 0 aliphatic heterocycles. The molecule has 0 aromatic carbocycles. The van der Waals surface area contributed by atoms with Gasteiger partial charge in [0.15, 0.2) is 0 Å². The average Bonchev–Trinajstić information content (AvgIpc) is 2.21. The van der Waals surface area contributed by atoms with Gasteiger partial charge in [0.25, 0.3) is 0 Å². The van der Waals surface area contributed by atoms with E-state index < -0.39 is 0 Å². The van der Waals surface area contributed by atoms with Gasteiger partial charge in [-0.25, -0.2) is 0 Å². The van der Waals surface area contributed by atoms with Gasteiger partial charge in [0.05, 0.1) is 12.0 Å². The Bertz CT molecular complexity index is 377. The van der Waals surface area contributed by atoms with Crippen LogP contribution in [0.2, 0.25) is 0 Å². The van der Waals surface area contributed by atoms with Crippen LogP contribution in [0, 0.1) is 28.1 Å². The highest BCUT2D eigenvalue weighted by Crippen LogP contribution is 2.65. The van der Waals surface area contributed by atoms with Crippen LogP contribution in [0.3, 0.4) is 0 Å². The lowest BCUT2D eigenvalue weighted by atomic mass is 9.45. The van der Waals surface area contributed by atoms with Crippen molar-refractivity contribution in [2.45, 2.75) is 66.2 Å². The first kappa shape index (κ1) is 13.5. The van der Waals surface area contributed by atoms with Crippen molar-refractivity contribution < 1.29 is 9.53 Å². The summed E-state index contributed by atoms with van der Waals surface area (Å²) in [6, 6.07) is 0. The summed E-state index contributed by atoms with van der Waals surface area (Å²) in [5, 5.41) is 0. The van der Waals surface area contributed by atoms with Crippen molar-refractivity contribution in [3.05, 3.63) is 0 Å². The van der Waals surface area contributed by atoms with E-state index in [9.17, 15) is 4.79 Å². The van der Waals surface area contributed by atoms with Gasteiger partial charge in [0.1, 0.15) is 0 Å². The lowest BCUT2D eigenvalue weighted by molar-refractivity contribution is -0.170. The zero-order valence-corrected chi connectivity index (χ0v) is 12.9. The highest BCUT2D eigenvalue weighted by atomic mass is 16.5. The largest absolute Gasteiger partial charge is 0.465 e. The van der Waals surface area contributed by atoms with E-state index >= 15 is 0 Å². The lowest BCUT2D eigenvalue weighted by Gasteiger charge is -2.61. The fourth-order valence-electron chi connectivity index (χ4n) is 5.53. The molecule has 0 radical (unpaired) electrons. The van der Waals surface area contributed by atoms with Crippen LogP contribution in [0.4, 0.5) is 0 Å². The third-order valence-corrected chi connectivity index (χ3v) is 5.60. The predicted molar refractivity (Wildman–Crippen MR) is 75.6 cm³/mol. The molecule has 19 heavy (non-hydrogen) atoms. The van der Waals surface area contributed by atoms with Crippen molar-refractivity contribution in [3.63, 3.8) is 0 Å². The van der Waals surface area contributed by atoms with Crippen molar-refractivity contribution in [3.8, 4) is 0 Å². The quantitative estimate of drug-likeness (QED) is 0.699. The lowest BCUT2D eigenvalue weighted by Crippen LogP contribution is -2.52. The van der Waals surface area contributed by atoms with Crippen LogP contribution in [0.5, 0.6) is 0 Å². The van der Waals surface area contributed by atoms with Gasteiger partial charge in [-0.3, -0.25) is 4.79 Å². The number of hydrogen-bond donors (Lipinski definition) is 0.